The molecule has 1 aromatic heterocycles. The van der Waals surface area contributed by atoms with Crippen LogP contribution < -0.4 is 5.73 Å². The third-order valence-electron chi connectivity index (χ3n) is 3.94. The van der Waals surface area contributed by atoms with Crippen molar-refractivity contribution in [2.24, 2.45) is 12.8 Å². The van der Waals surface area contributed by atoms with Gasteiger partial charge in [0.05, 0.1) is 17.9 Å². The van der Waals surface area contributed by atoms with Crippen LogP contribution in [-0.2, 0) is 13.5 Å². The number of rotatable bonds is 2. The van der Waals surface area contributed by atoms with Crippen LogP contribution in [0.3, 0.4) is 0 Å². The fourth-order valence-corrected chi connectivity index (χ4v) is 2.97. The minimum Gasteiger partial charge on any atom is -0.322 e. The summed E-state index contributed by atoms with van der Waals surface area (Å²) in [6.07, 6.45) is 5.30. The molecule has 2 unspecified atom stereocenters. The van der Waals surface area contributed by atoms with Crippen molar-refractivity contribution in [1.82, 2.24) is 15.0 Å². The fraction of sp³-hybridized carbons (Fsp3) is 0.429. The first-order valence-electron chi connectivity index (χ1n) is 6.45. The normalized spacial score (nSPS) is 20.4. The van der Waals surface area contributed by atoms with E-state index in [1.807, 2.05) is 7.05 Å². The summed E-state index contributed by atoms with van der Waals surface area (Å²) in [4.78, 5) is 0. The molecular weight excluding hydrogens is 224 g/mol. The monoisotopic (exact) mass is 242 g/mol. The predicted molar refractivity (Wildman–Crippen MR) is 70.1 cm³/mol. The Labute approximate surface area is 107 Å². The molecule has 3 rings (SSSR count). The van der Waals surface area contributed by atoms with Gasteiger partial charge in [-0.05, 0) is 30.4 Å². The van der Waals surface area contributed by atoms with Crippen LogP contribution in [0.4, 0.5) is 0 Å². The molecular formula is C14H18N4. The minimum atomic E-state index is -0.0218. The van der Waals surface area contributed by atoms with Gasteiger partial charge in [0.15, 0.2) is 0 Å². The highest BCUT2D eigenvalue weighted by Crippen LogP contribution is 2.38. The lowest BCUT2D eigenvalue weighted by Crippen LogP contribution is -2.25. The van der Waals surface area contributed by atoms with Gasteiger partial charge in [0.1, 0.15) is 0 Å². The van der Waals surface area contributed by atoms with E-state index in [0.717, 1.165) is 12.1 Å². The molecule has 94 valence electrons. The first-order valence-corrected chi connectivity index (χ1v) is 6.45. The zero-order chi connectivity index (χ0) is 12.5. The highest BCUT2D eigenvalue weighted by atomic mass is 15.4. The number of nitrogens with zero attached hydrogens (tertiary/aromatic N) is 3. The van der Waals surface area contributed by atoms with Crippen LogP contribution in [0.5, 0.6) is 0 Å². The lowest BCUT2D eigenvalue weighted by atomic mass is 9.78. The van der Waals surface area contributed by atoms with Crippen molar-refractivity contribution in [2.45, 2.75) is 31.2 Å². The third-order valence-corrected chi connectivity index (χ3v) is 3.94. The van der Waals surface area contributed by atoms with Crippen molar-refractivity contribution < 1.29 is 0 Å². The summed E-state index contributed by atoms with van der Waals surface area (Å²) in [5, 5.41) is 7.90. The molecule has 18 heavy (non-hydrogen) atoms. The molecule has 4 heteroatoms. The number of fused-ring (bicyclic) bond motifs is 1. The maximum Gasteiger partial charge on any atom is 0.0757 e. The molecule has 1 heterocycles. The van der Waals surface area contributed by atoms with E-state index in [1.165, 1.54) is 24.0 Å². The molecule has 0 bridgehead atoms. The average Bonchev–Trinajstić information content (AvgIpc) is 2.83. The van der Waals surface area contributed by atoms with Crippen LogP contribution in [-0.4, -0.2) is 15.0 Å². The molecule has 0 fully saturated rings. The molecule has 0 radical (unpaired) electrons. The number of hydrogen-bond donors (Lipinski definition) is 1. The number of aryl methyl sites for hydroxylation is 2. The van der Waals surface area contributed by atoms with Crippen molar-refractivity contribution in [3.8, 4) is 0 Å². The van der Waals surface area contributed by atoms with E-state index in [0.29, 0.717) is 5.92 Å². The smallest absolute Gasteiger partial charge is 0.0757 e. The van der Waals surface area contributed by atoms with Crippen LogP contribution in [0, 0.1) is 0 Å². The fourth-order valence-electron chi connectivity index (χ4n) is 2.97. The zero-order valence-corrected chi connectivity index (χ0v) is 10.6. The van der Waals surface area contributed by atoms with E-state index < -0.39 is 0 Å². The summed E-state index contributed by atoms with van der Waals surface area (Å²) in [7, 11) is 1.90. The molecule has 0 aliphatic heterocycles. The summed E-state index contributed by atoms with van der Waals surface area (Å²) in [5.74, 6) is 0.382. The molecule has 2 N–H and O–H groups in total. The van der Waals surface area contributed by atoms with Gasteiger partial charge in [-0.25, -0.2) is 0 Å². The van der Waals surface area contributed by atoms with Gasteiger partial charge in [-0.15, -0.1) is 5.10 Å². The predicted octanol–water partition coefficient (Wildman–Crippen LogP) is 1.93. The molecule has 0 saturated carbocycles. The molecule has 0 saturated heterocycles. The van der Waals surface area contributed by atoms with E-state index >= 15 is 0 Å². The first kappa shape index (κ1) is 11.4. The first-order chi connectivity index (χ1) is 8.77. The van der Waals surface area contributed by atoms with E-state index in [2.05, 4.69) is 34.6 Å². The van der Waals surface area contributed by atoms with Crippen molar-refractivity contribution >= 4 is 0 Å². The Balaban J connectivity index is 1.97. The Bertz CT molecular complexity index is 546. The summed E-state index contributed by atoms with van der Waals surface area (Å²) in [6.45, 7) is 0. The van der Waals surface area contributed by atoms with E-state index in [4.69, 9.17) is 5.73 Å². The maximum atomic E-state index is 6.43. The molecule has 0 spiro atoms. The van der Waals surface area contributed by atoms with Gasteiger partial charge >= 0.3 is 0 Å². The number of benzene rings is 1. The highest BCUT2D eigenvalue weighted by Gasteiger charge is 2.28. The second-order valence-electron chi connectivity index (χ2n) is 5.01. The Morgan fingerprint density at radius 3 is 3.00 bits per heavy atom. The van der Waals surface area contributed by atoms with Gasteiger partial charge in [0, 0.05) is 13.0 Å². The topological polar surface area (TPSA) is 56.7 Å². The summed E-state index contributed by atoms with van der Waals surface area (Å²) >= 11 is 0. The Morgan fingerprint density at radius 2 is 2.22 bits per heavy atom. The van der Waals surface area contributed by atoms with Crippen molar-refractivity contribution in [3.05, 3.63) is 47.3 Å². The summed E-state index contributed by atoms with van der Waals surface area (Å²) in [5.41, 5.74) is 10.3. The quantitative estimate of drug-likeness (QED) is 0.875. The molecule has 2 atom stereocenters. The van der Waals surface area contributed by atoms with Crippen LogP contribution >= 0.6 is 0 Å². The Hall–Kier alpha value is -1.68. The van der Waals surface area contributed by atoms with E-state index in [-0.39, 0.29) is 6.04 Å². The van der Waals surface area contributed by atoms with Crippen LogP contribution in [0.25, 0.3) is 0 Å². The van der Waals surface area contributed by atoms with Crippen molar-refractivity contribution in [3.63, 3.8) is 0 Å². The average molecular weight is 242 g/mol. The van der Waals surface area contributed by atoms with Gasteiger partial charge < -0.3 is 5.73 Å². The van der Waals surface area contributed by atoms with Gasteiger partial charge in [-0.2, -0.15) is 0 Å². The minimum absolute atomic E-state index is 0.0218. The Morgan fingerprint density at radius 1 is 1.39 bits per heavy atom. The molecule has 1 aromatic carbocycles. The van der Waals surface area contributed by atoms with E-state index in [9.17, 15) is 0 Å². The molecule has 4 nitrogen and oxygen atoms in total. The zero-order valence-electron chi connectivity index (χ0n) is 10.6. The molecule has 1 aliphatic carbocycles. The summed E-state index contributed by atoms with van der Waals surface area (Å²) in [6, 6.07) is 8.62. The highest BCUT2D eigenvalue weighted by molar-refractivity contribution is 5.34. The molecule has 1 aliphatic rings. The van der Waals surface area contributed by atoms with Gasteiger partial charge in [-0.3, -0.25) is 4.68 Å². The molecule has 0 amide bonds. The SMILES string of the molecule is Cn1nncc1C(N)C1CCCc2ccccc21. The number of nitrogens with two attached hydrogens (primary N) is 1. The standard InChI is InChI=1S/C14H18N4/c1-18-13(9-16-17-18)14(15)12-8-4-6-10-5-2-3-7-11(10)12/h2-3,5,7,9,12,14H,4,6,8,15H2,1H3. The lowest BCUT2D eigenvalue weighted by Gasteiger charge is -2.30. The van der Waals surface area contributed by atoms with Crippen LogP contribution in [0.15, 0.2) is 30.5 Å². The van der Waals surface area contributed by atoms with Gasteiger partial charge in [0.2, 0.25) is 0 Å². The largest absolute Gasteiger partial charge is 0.322 e. The second-order valence-corrected chi connectivity index (χ2v) is 5.01. The Kier molecular flexibility index (Phi) is 2.88. The van der Waals surface area contributed by atoms with Crippen molar-refractivity contribution in [1.29, 1.82) is 0 Å². The van der Waals surface area contributed by atoms with Crippen LogP contribution in [0.2, 0.25) is 0 Å². The third kappa shape index (κ3) is 1.82. The van der Waals surface area contributed by atoms with Crippen LogP contribution in [0.1, 0.15) is 41.6 Å². The van der Waals surface area contributed by atoms with Gasteiger partial charge in [0.25, 0.3) is 0 Å². The van der Waals surface area contributed by atoms with Gasteiger partial charge in [-0.1, -0.05) is 29.5 Å². The lowest BCUT2D eigenvalue weighted by molar-refractivity contribution is 0.453. The second kappa shape index (κ2) is 4.53. The van der Waals surface area contributed by atoms with E-state index in [1.54, 1.807) is 10.9 Å². The number of hydrogen-bond acceptors (Lipinski definition) is 3. The molecule has 2 aromatic rings. The maximum absolute atomic E-state index is 6.43. The summed E-state index contributed by atoms with van der Waals surface area (Å²) < 4.78 is 1.78. The van der Waals surface area contributed by atoms with Crippen molar-refractivity contribution in [2.75, 3.05) is 0 Å². The number of aromatic nitrogens is 3.